The molecule has 0 aliphatic carbocycles. The Bertz CT molecular complexity index is 1360. The summed E-state index contributed by atoms with van der Waals surface area (Å²) in [5.74, 6) is -0.168. The summed E-state index contributed by atoms with van der Waals surface area (Å²) in [6.07, 6.45) is 1.92. The van der Waals surface area contributed by atoms with E-state index in [2.05, 4.69) is 43.3 Å². The number of hydrogen-bond acceptors (Lipinski definition) is 5. The molecule has 2 N–H and O–H groups in total. The van der Waals surface area contributed by atoms with Crippen molar-refractivity contribution >= 4 is 28.1 Å². The van der Waals surface area contributed by atoms with E-state index in [0.29, 0.717) is 11.2 Å². The lowest BCUT2D eigenvalue weighted by Gasteiger charge is -2.36. The quantitative estimate of drug-likeness (QED) is 0.518. The Morgan fingerprint density at radius 3 is 2.66 bits per heavy atom. The molecule has 4 aromatic rings. The fraction of sp³-hybridized carbons (Fsp3) is 0.292. The van der Waals surface area contributed by atoms with Crippen molar-refractivity contribution in [1.29, 1.82) is 0 Å². The smallest absolute Gasteiger partial charge is 0.272 e. The molecule has 0 atom stereocenters. The number of pyridine rings is 1. The number of carbonyl (C=O) groups excluding carboxylic acids is 1. The molecule has 5 rings (SSSR count). The standard InChI is InChI=1S/C24H26N6O2/c1-16-20(8-6-18(26-16)23(31)25-2)29-12-10-28(11-13-29)15-17-5-7-21-19(14-17)27-24(32)22-4-3-9-30(21)22/h3-9,14H,10-13,15H2,1-2H3,(H,25,31)(H,27,32). The van der Waals surface area contributed by atoms with Crippen LogP contribution in [0.2, 0.25) is 0 Å². The molecule has 3 aromatic heterocycles. The number of aromatic amines is 1. The monoisotopic (exact) mass is 430 g/mol. The van der Waals surface area contributed by atoms with Gasteiger partial charge in [-0.3, -0.25) is 14.5 Å². The van der Waals surface area contributed by atoms with Gasteiger partial charge in [-0.2, -0.15) is 0 Å². The summed E-state index contributed by atoms with van der Waals surface area (Å²) in [6, 6.07) is 13.8. The minimum absolute atomic E-state index is 0.0697. The van der Waals surface area contributed by atoms with E-state index in [-0.39, 0.29) is 11.5 Å². The topological polar surface area (TPSA) is 85.7 Å². The van der Waals surface area contributed by atoms with Gasteiger partial charge >= 0.3 is 0 Å². The molecule has 0 spiro atoms. The lowest BCUT2D eigenvalue weighted by atomic mass is 10.1. The summed E-state index contributed by atoms with van der Waals surface area (Å²) in [5, 5.41) is 2.62. The number of anilines is 1. The Kier molecular flexibility index (Phi) is 5.14. The number of H-pyrrole nitrogens is 1. The van der Waals surface area contributed by atoms with E-state index >= 15 is 0 Å². The number of nitrogens with zero attached hydrogens (tertiary/aromatic N) is 4. The zero-order chi connectivity index (χ0) is 22.2. The van der Waals surface area contributed by atoms with Crippen LogP contribution >= 0.6 is 0 Å². The van der Waals surface area contributed by atoms with Crippen molar-refractivity contribution in [2.45, 2.75) is 13.5 Å². The molecule has 0 bridgehead atoms. The number of benzene rings is 1. The molecule has 4 heterocycles. The zero-order valence-electron chi connectivity index (χ0n) is 18.3. The van der Waals surface area contributed by atoms with Crippen molar-refractivity contribution in [1.82, 2.24) is 24.6 Å². The van der Waals surface area contributed by atoms with E-state index in [4.69, 9.17) is 0 Å². The van der Waals surface area contributed by atoms with Crippen molar-refractivity contribution in [3.63, 3.8) is 0 Å². The molecule has 0 unspecified atom stereocenters. The van der Waals surface area contributed by atoms with Crippen LogP contribution in [0.5, 0.6) is 0 Å². The predicted octanol–water partition coefficient (Wildman–Crippen LogP) is 2.17. The number of rotatable bonds is 4. The molecule has 0 radical (unpaired) electrons. The summed E-state index contributed by atoms with van der Waals surface area (Å²) in [4.78, 5) is 36.3. The van der Waals surface area contributed by atoms with Gasteiger partial charge in [0.2, 0.25) is 0 Å². The Morgan fingerprint density at radius 2 is 1.91 bits per heavy atom. The average Bonchev–Trinajstić information content (AvgIpc) is 3.30. The third-order valence-electron chi connectivity index (χ3n) is 6.19. The highest BCUT2D eigenvalue weighted by Gasteiger charge is 2.20. The number of aryl methyl sites for hydroxylation is 1. The fourth-order valence-electron chi connectivity index (χ4n) is 4.50. The van der Waals surface area contributed by atoms with Gasteiger partial charge in [0.1, 0.15) is 11.2 Å². The van der Waals surface area contributed by atoms with E-state index in [1.807, 2.05) is 35.7 Å². The number of nitrogens with one attached hydrogen (secondary N) is 2. The highest BCUT2D eigenvalue weighted by molar-refractivity contribution is 5.92. The van der Waals surface area contributed by atoms with Crippen molar-refractivity contribution in [3.05, 3.63) is 76.0 Å². The lowest BCUT2D eigenvalue weighted by molar-refractivity contribution is 0.0958. The van der Waals surface area contributed by atoms with Gasteiger partial charge in [-0.1, -0.05) is 6.07 Å². The van der Waals surface area contributed by atoms with Crippen LogP contribution in [0, 0.1) is 6.92 Å². The molecule has 1 saturated heterocycles. The van der Waals surface area contributed by atoms with Crippen LogP contribution in [-0.2, 0) is 6.54 Å². The van der Waals surface area contributed by atoms with E-state index in [1.165, 1.54) is 5.56 Å². The SMILES string of the molecule is CNC(=O)c1ccc(N2CCN(Cc3ccc4c(c3)[nH]c(=O)c3cccn34)CC2)c(C)n1. The number of fused-ring (bicyclic) bond motifs is 3. The third kappa shape index (κ3) is 3.62. The van der Waals surface area contributed by atoms with Crippen molar-refractivity contribution < 1.29 is 4.79 Å². The Labute approximate surface area is 185 Å². The highest BCUT2D eigenvalue weighted by Crippen LogP contribution is 2.22. The van der Waals surface area contributed by atoms with Crippen molar-refractivity contribution in [2.75, 3.05) is 38.1 Å². The number of piperazine rings is 1. The van der Waals surface area contributed by atoms with Gasteiger partial charge in [0.15, 0.2) is 0 Å². The molecule has 8 heteroatoms. The molecule has 1 fully saturated rings. The van der Waals surface area contributed by atoms with Crippen LogP contribution in [0.3, 0.4) is 0 Å². The normalized spacial score (nSPS) is 14.9. The molecular weight excluding hydrogens is 404 g/mol. The van der Waals surface area contributed by atoms with Crippen LogP contribution in [0.4, 0.5) is 5.69 Å². The molecule has 8 nitrogen and oxygen atoms in total. The molecule has 1 amide bonds. The first-order valence-electron chi connectivity index (χ1n) is 10.8. The van der Waals surface area contributed by atoms with Gasteiger partial charge in [-0.25, -0.2) is 4.98 Å². The number of amides is 1. The zero-order valence-corrected chi connectivity index (χ0v) is 18.3. The third-order valence-corrected chi connectivity index (χ3v) is 6.19. The molecule has 164 valence electrons. The maximum atomic E-state index is 12.3. The predicted molar refractivity (Wildman–Crippen MR) is 125 cm³/mol. The van der Waals surface area contributed by atoms with Gasteiger partial charge in [0.05, 0.1) is 22.4 Å². The minimum atomic E-state index is -0.168. The Hall–Kier alpha value is -3.65. The van der Waals surface area contributed by atoms with Crippen LogP contribution in [0.25, 0.3) is 16.6 Å². The van der Waals surface area contributed by atoms with E-state index < -0.39 is 0 Å². The Morgan fingerprint density at radius 1 is 1.09 bits per heavy atom. The Balaban J connectivity index is 1.28. The molecule has 1 aliphatic rings. The van der Waals surface area contributed by atoms with Gasteiger partial charge in [-0.15, -0.1) is 0 Å². The summed E-state index contributed by atoms with van der Waals surface area (Å²) >= 11 is 0. The van der Waals surface area contributed by atoms with E-state index in [1.54, 1.807) is 13.1 Å². The minimum Gasteiger partial charge on any atom is -0.368 e. The maximum absolute atomic E-state index is 12.3. The molecule has 1 aliphatic heterocycles. The van der Waals surface area contributed by atoms with E-state index in [0.717, 1.165) is 55.1 Å². The van der Waals surface area contributed by atoms with Crippen LogP contribution in [-0.4, -0.2) is 58.4 Å². The summed E-state index contributed by atoms with van der Waals surface area (Å²) in [5.41, 5.74) is 6.02. The maximum Gasteiger partial charge on any atom is 0.272 e. The van der Waals surface area contributed by atoms with Crippen LogP contribution in [0.1, 0.15) is 21.7 Å². The second-order valence-electron chi connectivity index (χ2n) is 8.21. The van der Waals surface area contributed by atoms with Crippen LogP contribution in [0.15, 0.2) is 53.5 Å². The largest absolute Gasteiger partial charge is 0.368 e. The molecule has 32 heavy (non-hydrogen) atoms. The second kappa shape index (κ2) is 8.12. The summed E-state index contributed by atoms with van der Waals surface area (Å²) < 4.78 is 1.93. The average molecular weight is 431 g/mol. The molecule has 0 saturated carbocycles. The molecule has 1 aromatic carbocycles. The lowest BCUT2D eigenvalue weighted by Crippen LogP contribution is -2.46. The highest BCUT2D eigenvalue weighted by atomic mass is 16.1. The van der Waals surface area contributed by atoms with Gasteiger partial charge in [-0.05, 0) is 48.9 Å². The first kappa shape index (κ1) is 20.3. The summed E-state index contributed by atoms with van der Waals surface area (Å²) in [6.45, 7) is 6.45. The van der Waals surface area contributed by atoms with Gasteiger partial charge in [0, 0.05) is 46.0 Å². The number of hydrogen-bond donors (Lipinski definition) is 2. The fourth-order valence-corrected chi connectivity index (χ4v) is 4.50. The van der Waals surface area contributed by atoms with Crippen molar-refractivity contribution in [2.24, 2.45) is 0 Å². The first-order valence-corrected chi connectivity index (χ1v) is 10.8. The molecular formula is C24H26N6O2. The van der Waals surface area contributed by atoms with Crippen molar-refractivity contribution in [3.8, 4) is 0 Å². The van der Waals surface area contributed by atoms with E-state index in [9.17, 15) is 9.59 Å². The number of carbonyl (C=O) groups is 1. The summed E-state index contributed by atoms with van der Waals surface area (Å²) in [7, 11) is 1.61. The van der Waals surface area contributed by atoms with Crippen LogP contribution < -0.4 is 15.8 Å². The van der Waals surface area contributed by atoms with Gasteiger partial charge in [0.25, 0.3) is 11.5 Å². The number of aromatic nitrogens is 3. The second-order valence-corrected chi connectivity index (χ2v) is 8.21. The first-order chi connectivity index (χ1) is 15.5. The van der Waals surface area contributed by atoms with Gasteiger partial charge < -0.3 is 19.6 Å².